The van der Waals surface area contributed by atoms with Gasteiger partial charge in [-0.3, -0.25) is 0 Å². The van der Waals surface area contributed by atoms with Gasteiger partial charge in [0.25, 0.3) is 0 Å². The van der Waals surface area contributed by atoms with Crippen molar-refractivity contribution in [2.75, 3.05) is 48.3 Å². The number of guanidine groups is 2. The standard InChI is InChI=1S/C42H50N8O8S2/c1-3-25-59(53,54)45-29-35-9-5-31(6-10-35)27-33-13-17-37(18-14-33)47-41-43-21-23-49(41)57-39(51)40(52)58-50-24-22-44-42(50)48-38-19-15-34(16-20-38)28-32-7-11-36(12-8-32)30-46-60(55,56)26-4-2/h5-20,45-46H,3-4,21-30H2,1-2H3,(H,43,47)(H,44,48). The van der Waals surface area contributed by atoms with Crippen molar-refractivity contribution in [1.82, 2.24) is 19.6 Å². The van der Waals surface area contributed by atoms with E-state index in [2.05, 4.69) is 30.1 Å². The van der Waals surface area contributed by atoms with Crippen LogP contribution in [-0.2, 0) is 65.2 Å². The predicted octanol–water partition coefficient (Wildman–Crippen LogP) is 4.31. The lowest BCUT2D eigenvalue weighted by Crippen LogP contribution is -2.41. The summed E-state index contributed by atoms with van der Waals surface area (Å²) in [6.07, 6.45) is 2.47. The van der Waals surface area contributed by atoms with Gasteiger partial charge in [0.1, 0.15) is 0 Å². The summed E-state index contributed by atoms with van der Waals surface area (Å²) in [6, 6.07) is 30.9. The molecule has 4 aromatic carbocycles. The minimum atomic E-state index is -3.27. The van der Waals surface area contributed by atoms with Crippen LogP contribution in [0.3, 0.4) is 0 Å². The Bertz CT molecular complexity index is 2200. The second-order valence-electron chi connectivity index (χ2n) is 14.3. The third-order valence-corrected chi connectivity index (χ3v) is 12.4. The molecule has 0 fully saturated rings. The second kappa shape index (κ2) is 20.4. The van der Waals surface area contributed by atoms with E-state index in [-0.39, 0.29) is 49.6 Å². The molecule has 2 aliphatic rings. The smallest absolute Gasteiger partial charge is 0.327 e. The second-order valence-corrected chi connectivity index (χ2v) is 18.1. The summed E-state index contributed by atoms with van der Waals surface area (Å²) in [5, 5.41) is 8.71. The van der Waals surface area contributed by atoms with Gasteiger partial charge in [0.2, 0.25) is 32.0 Å². The summed E-state index contributed by atoms with van der Waals surface area (Å²) < 4.78 is 53.0. The largest absolute Gasteiger partial charge is 0.444 e. The number of sulfonamides is 2. The fourth-order valence-electron chi connectivity index (χ4n) is 6.28. The Hall–Kier alpha value is -5.82. The average molecular weight is 859 g/mol. The summed E-state index contributed by atoms with van der Waals surface area (Å²) in [7, 11) is -6.54. The number of aliphatic imine (C=N–C) groups is 2. The van der Waals surface area contributed by atoms with Gasteiger partial charge in [-0.1, -0.05) is 86.6 Å². The summed E-state index contributed by atoms with van der Waals surface area (Å²) in [4.78, 5) is 45.1. The first-order chi connectivity index (χ1) is 28.9. The van der Waals surface area contributed by atoms with Crippen molar-refractivity contribution in [2.24, 2.45) is 9.98 Å². The van der Waals surface area contributed by atoms with Crippen LogP contribution in [0, 0.1) is 0 Å². The molecule has 0 amide bonds. The molecule has 4 aromatic rings. The number of nitrogens with one attached hydrogen (secondary N) is 4. The number of hydroxylamine groups is 4. The van der Waals surface area contributed by atoms with E-state index in [1.54, 1.807) is 0 Å². The van der Waals surface area contributed by atoms with E-state index in [9.17, 15) is 26.4 Å². The predicted molar refractivity (Wildman–Crippen MR) is 231 cm³/mol. The van der Waals surface area contributed by atoms with Gasteiger partial charge in [-0.05, 0) is 83.3 Å². The molecule has 0 unspecified atom stereocenters. The van der Waals surface area contributed by atoms with Crippen LogP contribution in [0.4, 0.5) is 11.4 Å². The molecule has 60 heavy (non-hydrogen) atoms. The number of carbonyl (C=O) groups is 2. The Morgan fingerprint density at radius 3 is 1.18 bits per heavy atom. The SMILES string of the molecule is CCCS(=O)(=O)NCc1ccc(Cc2ccc(NC3=NCCN3OC(=O)C(=O)ON3CCN=C3Nc3ccc(Cc4ccc(CNS(=O)(=O)CCC)cc4)cc3)cc2)cc1. The van der Waals surface area contributed by atoms with E-state index >= 15 is 0 Å². The lowest BCUT2D eigenvalue weighted by Gasteiger charge is -2.21. The van der Waals surface area contributed by atoms with Crippen molar-refractivity contribution in [1.29, 1.82) is 0 Å². The number of anilines is 2. The van der Waals surface area contributed by atoms with E-state index in [1.165, 1.54) is 10.1 Å². The maximum absolute atomic E-state index is 12.8. The molecule has 318 valence electrons. The Kier molecular flexibility index (Phi) is 14.9. The zero-order chi connectivity index (χ0) is 42.5. The maximum atomic E-state index is 12.8. The number of nitrogens with zero attached hydrogens (tertiary/aromatic N) is 4. The van der Waals surface area contributed by atoms with Crippen LogP contribution < -0.4 is 20.1 Å². The molecule has 0 aromatic heterocycles. The van der Waals surface area contributed by atoms with E-state index in [0.717, 1.165) is 33.4 Å². The fourth-order valence-corrected chi connectivity index (χ4v) is 8.42. The third kappa shape index (κ3) is 13.1. The molecule has 18 heteroatoms. The quantitative estimate of drug-likeness (QED) is 0.104. The van der Waals surface area contributed by atoms with Gasteiger partial charge in [0.05, 0.1) is 37.7 Å². The molecule has 0 saturated carbocycles. The van der Waals surface area contributed by atoms with Crippen LogP contribution in [0.2, 0.25) is 0 Å². The monoisotopic (exact) mass is 858 g/mol. The topological polar surface area (TPSA) is 200 Å². The molecule has 2 aliphatic heterocycles. The number of rotatable bonds is 18. The minimum Gasteiger partial charge on any atom is -0.327 e. The van der Waals surface area contributed by atoms with E-state index in [4.69, 9.17) is 9.68 Å². The third-order valence-electron chi connectivity index (χ3n) is 9.38. The van der Waals surface area contributed by atoms with Crippen LogP contribution in [-0.4, -0.2) is 88.5 Å². The summed E-state index contributed by atoms with van der Waals surface area (Å²) in [6.45, 7) is 5.35. The Balaban J connectivity index is 0.929. The van der Waals surface area contributed by atoms with Crippen molar-refractivity contribution in [3.63, 3.8) is 0 Å². The highest BCUT2D eigenvalue weighted by Gasteiger charge is 2.31. The minimum absolute atomic E-state index is 0.105. The first kappa shape index (κ1) is 43.8. The van der Waals surface area contributed by atoms with E-state index in [1.807, 2.05) is 111 Å². The molecule has 0 aliphatic carbocycles. The van der Waals surface area contributed by atoms with Gasteiger partial charge in [-0.2, -0.15) is 10.1 Å². The highest BCUT2D eigenvalue weighted by molar-refractivity contribution is 7.89. The molecule has 0 bridgehead atoms. The summed E-state index contributed by atoms with van der Waals surface area (Å²) in [5.41, 5.74) is 7.43. The van der Waals surface area contributed by atoms with Gasteiger partial charge in [0, 0.05) is 24.5 Å². The van der Waals surface area contributed by atoms with Crippen LogP contribution in [0.25, 0.3) is 0 Å². The van der Waals surface area contributed by atoms with Crippen molar-refractivity contribution in [2.45, 2.75) is 52.6 Å². The summed E-state index contributed by atoms with van der Waals surface area (Å²) in [5.74, 6) is -1.68. The molecule has 2 heterocycles. The van der Waals surface area contributed by atoms with E-state index in [0.29, 0.717) is 50.1 Å². The Morgan fingerprint density at radius 1 is 0.533 bits per heavy atom. The Morgan fingerprint density at radius 2 is 0.850 bits per heavy atom. The lowest BCUT2D eigenvalue weighted by molar-refractivity contribution is -0.198. The highest BCUT2D eigenvalue weighted by atomic mass is 32.2. The Labute approximate surface area is 351 Å². The molecular formula is C42H50N8O8S2. The van der Waals surface area contributed by atoms with Gasteiger partial charge in [-0.15, -0.1) is 0 Å². The number of carbonyl (C=O) groups excluding carboxylic acids is 2. The zero-order valence-corrected chi connectivity index (χ0v) is 35.2. The zero-order valence-electron chi connectivity index (χ0n) is 33.6. The van der Waals surface area contributed by atoms with Crippen LogP contribution in [0.15, 0.2) is 107 Å². The van der Waals surface area contributed by atoms with Crippen molar-refractivity contribution in [3.8, 4) is 0 Å². The molecule has 0 atom stereocenters. The number of hydrogen-bond acceptors (Lipinski definition) is 14. The first-order valence-electron chi connectivity index (χ1n) is 19.8. The molecule has 0 radical (unpaired) electrons. The van der Waals surface area contributed by atoms with Gasteiger partial charge < -0.3 is 20.3 Å². The highest BCUT2D eigenvalue weighted by Crippen LogP contribution is 2.19. The first-order valence-corrected chi connectivity index (χ1v) is 23.1. The lowest BCUT2D eigenvalue weighted by atomic mass is 10.0. The van der Waals surface area contributed by atoms with Crippen molar-refractivity contribution >= 4 is 55.3 Å². The molecule has 6 rings (SSSR count). The normalized spacial score (nSPS) is 14.1. The maximum Gasteiger partial charge on any atom is 0.444 e. The van der Waals surface area contributed by atoms with Crippen LogP contribution in [0.1, 0.15) is 60.1 Å². The van der Waals surface area contributed by atoms with Gasteiger partial charge >= 0.3 is 11.9 Å². The van der Waals surface area contributed by atoms with Gasteiger partial charge in [-0.25, -0.2) is 45.9 Å². The van der Waals surface area contributed by atoms with Crippen molar-refractivity contribution in [3.05, 3.63) is 130 Å². The average Bonchev–Trinajstić information content (AvgIpc) is 3.87. The fraction of sp³-hybridized carbons (Fsp3) is 0.333. The molecular weight excluding hydrogens is 809 g/mol. The van der Waals surface area contributed by atoms with E-state index < -0.39 is 32.0 Å². The molecule has 0 spiro atoms. The number of benzene rings is 4. The molecule has 0 saturated heterocycles. The summed E-state index contributed by atoms with van der Waals surface area (Å²) >= 11 is 0. The van der Waals surface area contributed by atoms with Crippen LogP contribution >= 0.6 is 0 Å². The van der Waals surface area contributed by atoms with Crippen molar-refractivity contribution < 1.29 is 36.1 Å². The van der Waals surface area contributed by atoms with Crippen LogP contribution in [0.5, 0.6) is 0 Å². The van der Waals surface area contributed by atoms with Gasteiger partial charge in [0.15, 0.2) is 0 Å². The molecule has 4 N–H and O–H groups in total. The molecule has 16 nitrogen and oxygen atoms in total. The number of hydrogen-bond donors (Lipinski definition) is 4.